The van der Waals surface area contributed by atoms with Crippen LogP contribution in [0.5, 0.6) is 0 Å². The summed E-state index contributed by atoms with van der Waals surface area (Å²) >= 11 is 0. The summed E-state index contributed by atoms with van der Waals surface area (Å²) in [5.41, 5.74) is 3.17. The summed E-state index contributed by atoms with van der Waals surface area (Å²) in [7, 11) is 1.91. The van der Waals surface area contributed by atoms with Crippen molar-refractivity contribution >= 4 is 5.91 Å². The van der Waals surface area contributed by atoms with Crippen LogP contribution in [0, 0.1) is 13.8 Å². The van der Waals surface area contributed by atoms with Crippen molar-refractivity contribution in [3.63, 3.8) is 0 Å². The maximum Gasteiger partial charge on any atom is 0.253 e. The van der Waals surface area contributed by atoms with Crippen molar-refractivity contribution < 1.29 is 4.79 Å². The van der Waals surface area contributed by atoms with Gasteiger partial charge in [0.25, 0.3) is 5.91 Å². The van der Waals surface area contributed by atoms with E-state index in [0.29, 0.717) is 12.6 Å². The molecule has 1 aromatic rings. The van der Waals surface area contributed by atoms with Crippen LogP contribution < -0.4 is 10.6 Å². The van der Waals surface area contributed by atoms with Gasteiger partial charge in [-0.3, -0.25) is 4.79 Å². The predicted molar refractivity (Wildman–Crippen MR) is 86.9 cm³/mol. The molecule has 0 aliphatic heterocycles. The van der Waals surface area contributed by atoms with E-state index in [-0.39, 0.29) is 11.9 Å². The van der Waals surface area contributed by atoms with Gasteiger partial charge in [-0.05, 0) is 46.7 Å². The summed E-state index contributed by atoms with van der Waals surface area (Å²) in [6.07, 6.45) is 6.46. The number of carbonyl (C=O) groups excluding carboxylic acids is 1. The SMILES string of the molecule is CNC(C)CNC(=O)c1cc(C)n(C2CCCCC2)c1C. The first-order valence-corrected chi connectivity index (χ1v) is 8.18. The second kappa shape index (κ2) is 7.12. The minimum Gasteiger partial charge on any atom is -0.350 e. The second-order valence-corrected chi connectivity index (χ2v) is 6.35. The molecule has 21 heavy (non-hydrogen) atoms. The average molecular weight is 291 g/mol. The molecule has 1 aromatic heterocycles. The first-order chi connectivity index (χ1) is 10.0. The molecule has 1 fully saturated rings. The van der Waals surface area contributed by atoms with Crippen LogP contribution in [0.4, 0.5) is 0 Å². The molecule has 2 N–H and O–H groups in total. The van der Waals surface area contributed by atoms with Crippen LogP contribution in [-0.2, 0) is 0 Å². The van der Waals surface area contributed by atoms with Gasteiger partial charge in [0.15, 0.2) is 0 Å². The first kappa shape index (κ1) is 16.1. The third kappa shape index (κ3) is 3.67. The molecular weight excluding hydrogens is 262 g/mol. The Morgan fingerprint density at radius 2 is 2.00 bits per heavy atom. The summed E-state index contributed by atoms with van der Waals surface area (Å²) in [5, 5.41) is 6.15. The zero-order chi connectivity index (χ0) is 15.4. The Kier molecular flexibility index (Phi) is 5.45. The lowest BCUT2D eigenvalue weighted by Gasteiger charge is -2.26. The van der Waals surface area contributed by atoms with Crippen LogP contribution in [0.25, 0.3) is 0 Å². The molecule has 4 heteroatoms. The summed E-state index contributed by atoms with van der Waals surface area (Å²) in [6.45, 7) is 6.92. The van der Waals surface area contributed by atoms with Crippen LogP contribution in [-0.4, -0.2) is 30.1 Å². The summed E-state index contributed by atoms with van der Waals surface area (Å²) in [4.78, 5) is 12.4. The number of likely N-dealkylation sites (N-methyl/N-ethyl adjacent to an activating group) is 1. The Morgan fingerprint density at radius 1 is 1.33 bits per heavy atom. The lowest BCUT2D eigenvalue weighted by atomic mass is 9.95. The highest BCUT2D eigenvalue weighted by Gasteiger charge is 2.22. The van der Waals surface area contributed by atoms with Crippen LogP contribution >= 0.6 is 0 Å². The monoisotopic (exact) mass is 291 g/mol. The molecule has 0 spiro atoms. The van der Waals surface area contributed by atoms with Crippen molar-refractivity contribution in [1.82, 2.24) is 15.2 Å². The van der Waals surface area contributed by atoms with Gasteiger partial charge in [0, 0.05) is 30.0 Å². The molecule has 1 atom stereocenters. The van der Waals surface area contributed by atoms with Gasteiger partial charge in [0.05, 0.1) is 5.56 Å². The van der Waals surface area contributed by atoms with Crippen LogP contribution in [0.1, 0.15) is 66.8 Å². The van der Waals surface area contributed by atoms with E-state index < -0.39 is 0 Å². The fraction of sp³-hybridized carbons (Fsp3) is 0.706. The molecule has 0 saturated heterocycles. The number of rotatable bonds is 5. The Labute approximate surface area is 128 Å². The smallest absolute Gasteiger partial charge is 0.253 e. The highest BCUT2D eigenvalue weighted by atomic mass is 16.1. The molecule has 118 valence electrons. The van der Waals surface area contributed by atoms with Gasteiger partial charge in [-0.1, -0.05) is 19.3 Å². The van der Waals surface area contributed by atoms with E-state index in [1.807, 2.05) is 13.1 Å². The standard InChI is InChI=1S/C17H29N3O/c1-12(18-4)11-19-17(21)16-10-13(2)20(14(16)3)15-8-6-5-7-9-15/h10,12,15,18H,5-9,11H2,1-4H3,(H,19,21). The van der Waals surface area contributed by atoms with E-state index in [0.717, 1.165) is 11.3 Å². The minimum atomic E-state index is 0.0484. The Bertz CT molecular complexity index is 486. The fourth-order valence-corrected chi connectivity index (χ4v) is 3.35. The van der Waals surface area contributed by atoms with Crippen LogP contribution in [0.15, 0.2) is 6.07 Å². The molecule has 0 radical (unpaired) electrons. The number of aryl methyl sites for hydroxylation is 1. The third-order valence-electron chi connectivity index (χ3n) is 4.73. The molecule has 0 aromatic carbocycles. The molecule has 1 saturated carbocycles. The van der Waals surface area contributed by atoms with Crippen LogP contribution in [0.3, 0.4) is 0 Å². The quantitative estimate of drug-likeness (QED) is 0.876. The van der Waals surface area contributed by atoms with Gasteiger partial charge in [-0.2, -0.15) is 0 Å². The molecular formula is C17H29N3O. The van der Waals surface area contributed by atoms with Crippen LogP contribution in [0.2, 0.25) is 0 Å². The van der Waals surface area contributed by atoms with Crippen molar-refractivity contribution in [2.45, 2.75) is 65.0 Å². The average Bonchev–Trinajstić information content (AvgIpc) is 2.80. The number of nitrogens with one attached hydrogen (secondary N) is 2. The topological polar surface area (TPSA) is 46.1 Å². The molecule has 1 heterocycles. The van der Waals surface area contributed by atoms with Gasteiger partial charge in [-0.15, -0.1) is 0 Å². The number of amides is 1. The van der Waals surface area contributed by atoms with Crippen molar-refractivity contribution in [3.8, 4) is 0 Å². The molecule has 1 aliphatic rings. The third-order valence-corrected chi connectivity index (χ3v) is 4.73. The highest BCUT2D eigenvalue weighted by Crippen LogP contribution is 2.32. The van der Waals surface area contributed by atoms with Crippen molar-refractivity contribution in [1.29, 1.82) is 0 Å². The van der Waals surface area contributed by atoms with Gasteiger partial charge in [0.1, 0.15) is 0 Å². The predicted octanol–water partition coefficient (Wildman–Crippen LogP) is 2.95. The zero-order valence-electron chi connectivity index (χ0n) is 13.8. The summed E-state index contributed by atoms with van der Waals surface area (Å²) < 4.78 is 2.38. The van der Waals surface area contributed by atoms with Gasteiger partial charge >= 0.3 is 0 Å². The number of hydrogen-bond acceptors (Lipinski definition) is 2. The fourth-order valence-electron chi connectivity index (χ4n) is 3.35. The lowest BCUT2D eigenvalue weighted by Crippen LogP contribution is -2.37. The van der Waals surface area contributed by atoms with E-state index in [9.17, 15) is 4.79 Å². The minimum absolute atomic E-state index is 0.0484. The maximum absolute atomic E-state index is 12.4. The molecule has 1 unspecified atom stereocenters. The maximum atomic E-state index is 12.4. The van der Waals surface area contributed by atoms with Gasteiger partial charge in [0.2, 0.25) is 0 Å². The first-order valence-electron chi connectivity index (χ1n) is 8.18. The highest BCUT2D eigenvalue weighted by molar-refractivity contribution is 5.95. The largest absolute Gasteiger partial charge is 0.350 e. The van der Waals surface area contributed by atoms with Gasteiger partial charge in [-0.25, -0.2) is 0 Å². The number of aromatic nitrogens is 1. The van der Waals surface area contributed by atoms with Gasteiger partial charge < -0.3 is 15.2 Å². The molecule has 1 amide bonds. The molecule has 0 bridgehead atoms. The van der Waals surface area contributed by atoms with E-state index in [1.165, 1.54) is 37.8 Å². The second-order valence-electron chi connectivity index (χ2n) is 6.35. The normalized spacial score (nSPS) is 17.7. The van der Waals surface area contributed by atoms with E-state index in [2.05, 4.69) is 36.0 Å². The number of nitrogens with zero attached hydrogens (tertiary/aromatic N) is 1. The molecule has 4 nitrogen and oxygen atoms in total. The van der Waals surface area contributed by atoms with Crippen molar-refractivity contribution in [2.24, 2.45) is 0 Å². The Morgan fingerprint density at radius 3 is 2.62 bits per heavy atom. The lowest BCUT2D eigenvalue weighted by molar-refractivity contribution is 0.0949. The molecule has 2 rings (SSSR count). The number of hydrogen-bond donors (Lipinski definition) is 2. The van der Waals surface area contributed by atoms with E-state index in [4.69, 9.17) is 0 Å². The van der Waals surface area contributed by atoms with E-state index >= 15 is 0 Å². The Balaban J connectivity index is 2.12. The number of carbonyl (C=O) groups is 1. The summed E-state index contributed by atoms with van der Waals surface area (Å²) in [6, 6.07) is 2.91. The summed E-state index contributed by atoms with van der Waals surface area (Å²) in [5.74, 6) is 0.0484. The molecule has 1 aliphatic carbocycles. The Hall–Kier alpha value is -1.29. The van der Waals surface area contributed by atoms with Crippen molar-refractivity contribution in [2.75, 3.05) is 13.6 Å². The van der Waals surface area contributed by atoms with Crippen molar-refractivity contribution in [3.05, 3.63) is 23.0 Å². The zero-order valence-corrected chi connectivity index (χ0v) is 13.8. The van der Waals surface area contributed by atoms with E-state index in [1.54, 1.807) is 0 Å².